The molecule has 0 aromatic heterocycles. The quantitative estimate of drug-likeness (QED) is 0.756. The Morgan fingerprint density at radius 1 is 1.21 bits per heavy atom. The van der Waals surface area contributed by atoms with Crippen molar-refractivity contribution in [2.45, 2.75) is 13.3 Å². The topological polar surface area (TPSA) is 93.5 Å². The van der Waals surface area contributed by atoms with Crippen LogP contribution in [0.4, 0.5) is 16.2 Å². The highest BCUT2D eigenvalue weighted by atomic mass is 16.5. The van der Waals surface area contributed by atoms with Crippen LogP contribution in [0.1, 0.15) is 13.3 Å². The SMILES string of the molecule is COC(=O)Nc1ccc(NC(=O)CC(C)CN)cc1. The Hall–Kier alpha value is -2.08. The minimum atomic E-state index is -0.534. The lowest BCUT2D eigenvalue weighted by Crippen LogP contribution is -2.20. The van der Waals surface area contributed by atoms with Crippen LogP contribution in [-0.4, -0.2) is 25.7 Å². The van der Waals surface area contributed by atoms with E-state index in [1.165, 1.54) is 7.11 Å². The molecule has 104 valence electrons. The van der Waals surface area contributed by atoms with Crippen molar-refractivity contribution in [3.8, 4) is 0 Å². The van der Waals surface area contributed by atoms with E-state index in [0.717, 1.165) is 0 Å². The van der Waals surface area contributed by atoms with Gasteiger partial charge in [0.1, 0.15) is 0 Å². The van der Waals surface area contributed by atoms with Gasteiger partial charge in [-0.3, -0.25) is 10.1 Å². The van der Waals surface area contributed by atoms with Gasteiger partial charge in [0.15, 0.2) is 0 Å². The summed E-state index contributed by atoms with van der Waals surface area (Å²) in [6.07, 6.45) is -0.146. The summed E-state index contributed by atoms with van der Waals surface area (Å²) in [4.78, 5) is 22.6. The second-order valence-electron chi connectivity index (χ2n) is 4.29. The molecule has 0 spiro atoms. The summed E-state index contributed by atoms with van der Waals surface area (Å²) in [6.45, 7) is 2.40. The molecule has 0 aliphatic rings. The molecule has 4 N–H and O–H groups in total. The van der Waals surface area contributed by atoms with Gasteiger partial charge in [-0.05, 0) is 36.7 Å². The van der Waals surface area contributed by atoms with Crippen LogP contribution in [0.15, 0.2) is 24.3 Å². The molecule has 0 saturated heterocycles. The Morgan fingerprint density at radius 2 is 1.74 bits per heavy atom. The summed E-state index contributed by atoms with van der Waals surface area (Å²) in [5.74, 6) is 0.0758. The fraction of sp³-hybridized carbons (Fsp3) is 0.385. The number of carbonyl (C=O) groups excluding carboxylic acids is 2. The predicted octanol–water partition coefficient (Wildman–Crippen LogP) is 1.79. The molecule has 1 aromatic carbocycles. The van der Waals surface area contributed by atoms with Crippen LogP contribution in [-0.2, 0) is 9.53 Å². The highest BCUT2D eigenvalue weighted by molar-refractivity contribution is 5.91. The molecule has 1 aromatic rings. The molecule has 0 bridgehead atoms. The Bertz CT molecular complexity index is 431. The highest BCUT2D eigenvalue weighted by Gasteiger charge is 2.08. The summed E-state index contributed by atoms with van der Waals surface area (Å²) in [5, 5.41) is 5.29. The van der Waals surface area contributed by atoms with Gasteiger partial charge in [-0.2, -0.15) is 0 Å². The number of anilines is 2. The van der Waals surface area contributed by atoms with E-state index in [0.29, 0.717) is 24.3 Å². The second-order valence-corrected chi connectivity index (χ2v) is 4.29. The number of methoxy groups -OCH3 is 1. The van der Waals surface area contributed by atoms with E-state index in [2.05, 4.69) is 15.4 Å². The summed E-state index contributed by atoms with van der Waals surface area (Å²) >= 11 is 0. The first-order valence-corrected chi connectivity index (χ1v) is 6.00. The van der Waals surface area contributed by atoms with Crippen LogP contribution in [0.3, 0.4) is 0 Å². The van der Waals surface area contributed by atoms with E-state index >= 15 is 0 Å². The maximum atomic E-state index is 11.6. The van der Waals surface area contributed by atoms with E-state index in [4.69, 9.17) is 5.73 Å². The lowest BCUT2D eigenvalue weighted by molar-refractivity contribution is -0.116. The first-order valence-electron chi connectivity index (χ1n) is 6.00. The number of ether oxygens (including phenoxy) is 1. The first-order chi connectivity index (χ1) is 9.05. The Labute approximate surface area is 112 Å². The molecule has 0 radical (unpaired) electrons. The zero-order chi connectivity index (χ0) is 14.3. The molecule has 19 heavy (non-hydrogen) atoms. The van der Waals surface area contributed by atoms with Gasteiger partial charge in [0.2, 0.25) is 5.91 Å². The number of benzene rings is 1. The van der Waals surface area contributed by atoms with Gasteiger partial charge in [0.25, 0.3) is 0 Å². The third kappa shape index (κ3) is 5.39. The zero-order valence-electron chi connectivity index (χ0n) is 11.1. The maximum absolute atomic E-state index is 11.6. The summed E-state index contributed by atoms with van der Waals surface area (Å²) in [5.41, 5.74) is 6.73. The fourth-order valence-corrected chi connectivity index (χ4v) is 1.42. The Morgan fingerprint density at radius 3 is 2.21 bits per heavy atom. The maximum Gasteiger partial charge on any atom is 0.411 e. The summed E-state index contributed by atoms with van der Waals surface area (Å²) < 4.78 is 4.47. The molecule has 6 nitrogen and oxygen atoms in total. The van der Waals surface area contributed by atoms with Crippen molar-refractivity contribution in [1.29, 1.82) is 0 Å². The number of hydrogen-bond donors (Lipinski definition) is 3. The van der Waals surface area contributed by atoms with Crippen LogP contribution in [0.5, 0.6) is 0 Å². The van der Waals surface area contributed by atoms with Gasteiger partial charge in [-0.1, -0.05) is 6.92 Å². The highest BCUT2D eigenvalue weighted by Crippen LogP contribution is 2.14. The average Bonchev–Trinajstić information content (AvgIpc) is 2.40. The van der Waals surface area contributed by atoms with Crippen molar-refractivity contribution in [3.63, 3.8) is 0 Å². The molecule has 1 atom stereocenters. The van der Waals surface area contributed by atoms with E-state index in [-0.39, 0.29) is 11.8 Å². The number of carbonyl (C=O) groups is 2. The van der Waals surface area contributed by atoms with Crippen LogP contribution in [0, 0.1) is 5.92 Å². The molecule has 0 fully saturated rings. The molecular weight excluding hydrogens is 246 g/mol. The third-order valence-electron chi connectivity index (χ3n) is 2.54. The Balaban J connectivity index is 2.52. The zero-order valence-corrected chi connectivity index (χ0v) is 11.1. The largest absolute Gasteiger partial charge is 0.453 e. The van der Waals surface area contributed by atoms with Gasteiger partial charge < -0.3 is 15.8 Å². The van der Waals surface area contributed by atoms with Crippen molar-refractivity contribution in [3.05, 3.63) is 24.3 Å². The standard InChI is InChI=1S/C13H19N3O3/c1-9(8-14)7-12(17)15-10-3-5-11(6-4-10)16-13(18)19-2/h3-6,9H,7-8,14H2,1-2H3,(H,15,17)(H,16,18). The van der Waals surface area contributed by atoms with Crippen molar-refractivity contribution >= 4 is 23.4 Å². The van der Waals surface area contributed by atoms with E-state index in [1.54, 1.807) is 24.3 Å². The number of nitrogens with one attached hydrogen (secondary N) is 2. The van der Waals surface area contributed by atoms with E-state index in [9.17, 15) is 9.59 Å². The van der Waals surface area contributed by atoms with Crippen molar-refractivity contribution in [2.24, 2.45) is 11.7 Å². The molecule has 0 saturated carbocycles. The van der Waals surface area contributed by atoms with E-state index in [1.807, 2.05) is 6.92 Å². The van der Waals surface area contributed by atoms with Gasteiger partial charge in [-0.25, -0.2) is 4.79 Å². The number of hydrogen-bond acceptors (Lipinski definition) is 4. The van der Waals surface area contributed by atoms with Crippen molar-refractivity contribution < 1.29 is 14.3 Å². The molecule has 2 amide bonds. The number of nitrogens with two attached hydrogens (primary N) is 1. The number of amides is 2. The van der Waals surface area contributed by atoms with Gasteiger partial charge in [-0.15, -0.1) is 0 Å². The number of rotatable bonds is 5. The van der Waals surface area contributed by atoms with Crippen LogP contribution >= 0.6 is 0 Å². The van der Waals surface area contributed by atoms with Crippen LogP contribution < -0.4 is 16.4 Å². The molecule has 1 unspecified atom stereocenters. The predicted molar refractivity (Wildman–Crippen MR) is 73.9 cm³/mol. The molecule has 0 aliphatic heterocycles. The lowest BCUT2D eigenvalue weighted by Gasteiger charge is -2.10. The van der Waals surface area contributed by atoms with E-state index < -0.39 is 6.09 Å². The smallest absolute Gasteiger partial charge is 0.411 e. The summed E-state index contributed by atoms with van der Waals surface area (Å²) in [7, 11) is 1.29. The monoisotopic (exact) mass is 265 g/mol. The molecular formula is C13H19N3O3. The van der Waals surface area contributed by atoms with Crippen molar-refractivity contribution in [2.75, 3.05) is 24.3 Å². The third-order valence-corrected chi connectivity index (χ3v) is 2.54. The minimum absolute atomic E-state index is 0.0772. The van der Waals surface area contributed by atoms with Gasteiger partial charge in [0, 0.05) is 17.8 Å². The summed E-state index contributed by atoms with van der Waals surface area (Å²) in [6, 6.07) is 6.77. The van der Waals surface area contributed by atoms with Crippen molar-refractivity contribution in [1.82, 2.24) is 0 Å². The van der Waals surface area contributed by atoms with Crippen LogP contribution in [0.25, 0.3) is 0 Å². The minimum Gasteiger partial charge on any atom is -0.453 e. The van der Waals surface area contributed by atoms with Gasteiger partial charge >= 0.3 is 6.09 Å². The first kappa shape index (κ1) is 15.0. The normalized spacial score (nSPS) is 11.5. The molecule has 6 heteroatoms. The van der Waals surface area contributed by atoms with Gasteiger partial charge in [0.05, 0.1) is 7.11 Å². The lowest BCUT2D eigenvalue weighted by atomic mass is 10.1. The molecule has 1 rings (SSSR count). The van der Waals surface area contributed by atoms with Crippen LogP contribution in [0.2, 0.25) is 0 Å². The fourth-order valence-electron chi connectivity index (χ4n) is 1.42. The molecule has 0 aliphatic carbocycles. The Kier molecular flexibility index (Phi) is 5.81. The second kappa shape index (κ2) is 7.38. The molecule has 0 heterocycles. The average molecular weight is 265 g/mol.